The molecule has 2 fully saturated rings. The molecular weight excluding hydrogens is 288 g/mol. The van der Waals surface area contributed by atoms with Crippen LogP contribution in [0.4, 0.5) is 10.6 Å². The van der Waals surface area contributed by atoms with E-state index in [0.29, 0.717) is 6.54 Å². The third kappa shape index (κ3) is 2.21. The molecule has 0 aromatic carbocycles. The summed E-state index contributed by atoms with van der Waals surface area (Å²) in [5.74, 6) is 0.996. The molecule has 1 atom stereocenters. The van der Waals surface area contributed by atoms with Gasteiger partial charge in [0.15, 0.2) is 0 Å². The van der Waals surface area contributed by atoms with Gasteiger partial charge in [0.25, 0.3) is 0 Å². The standard InChI is InChI=1S/C14H16N4O2S/c19-13-15-8-14(20-13)3-1-5-18(6-4-14)11-10-2-7-21-12(10)17-9-16-11/h2,7,9H,1,3-6,8H2,(H,15,19). The Morgan fingerprint density at radius 1 is 1.33 bits per heavy atom. The van der Waals surface area contributed by atoms with Gasteiger partial charge in [-0.15, -0.1) is 11.3 Å². The van der Waals surface area contributed by atoms with Gasteiger partial charge in [-0.3, -0.25) is 0 Å². The molecule has 1 unspecified atom stereocenters. The number of aromatic nitrogens is 2. The summed E-state index contributed by atoms with van der Waals surface area (Å²) < 4.78 is 5.52. The topological polar surface area (TPSA) is 67.4 Å². The Kier molecular flexibility index (Phi) is 2.95. The fourth-order valence-corrected chi connectivity index (χ4v) is 3.92. The van der Waals surface area contributed by atoms with E-state index in [0.717, 1.165) is 48.4 Å². The van der Waals surface area contributed by atoms with E-state index in [-0.39, 0.29) is 11.7 Å². The van der Waals surface area contributed by atoms with Gasteiger partial charge >= 0.3 is 6.09 Å². The van der Waals surface area contributed by atoms with Crippen LogP contribution < -0.4 is 10.2 Å². The lowest BCUT2D eigenvalue weighted by Crippen LogP contribution is -2.35. The fraction of sp³-hybridized carbons (Fsp3) is 0.500. The molecule has 2 aromatic rings. The maximum atomic E-state index is 11.4. The molecule has 4 rings (SSSR count). The monoisotopic (exact) mass is 304 g/mol. The van der Waals surface area contributed by atoms with E-state index in [4.69, 9.17) is 4.74 Å². The number of fused-ring (bicyclic) bond motifs is 1. The first-order valence-corrected chi connectivity index (χ1v) is 8.04. The van der Waals surface area contributed by atoms with E-state index in [1.807, 2.05) is 5.38 Å². The van der Waals surface area contributed by atoms with Crippen LogP contribution >= 0.6 is 11.3 Å². The molecule has 4 heterocycles. The number of anilines is 1. The van der Waals surface area contributed by atoms with E-state index in [2.05, 4.69) is 26.3 Å². The number of amides is 1. The number of alkyl carbamates (subject to hydrolysis) is 1. The number of thiophene rings is 1. The average Bonchev–Trinajstić information content (AvgIpc) is 3.04. The minimum absolute atomic E-state index is 0.286. The van der Waals surface area contributed by atoms with Crippen LogP contribution in [0.1, 0.15) is 19.3 Å². The van der Waals surface area contributed by atoms with Crippen molar-refractivity contribution in [2.75, 3.05) is 24.5 Å². The van der Waals surface area contributed by atoms with Crippen LogP contribution in [0.15, 0.2) is 17.8 Å². The van der Waals surface area contributed by atoms with Crippen molar-refractivity contribution in [3.05, 3.63) is 17.8 Å². The Morgan fingerprint density at radius 2 is 2.29 bits per heavy atom. The predicted octanol–water partition coefficient (Wildman–Crippen LogP) is 2.16. The maximum absolute atomic E-state index is 11.4. The molecule has 1 amide bonds. The van der Waals surface area contributed by atoms with E-state index >= 15 is 0 Å². The number of carbonyl (C=O) groups excluding carboxylic acids is 1. The zero-order chi connectivity index (χ0) is 14.3. The second-order valence-electron chi connectivity index (χ2n) is 5.60. The Morgan fingerprint density at radius 3 is 3.14 bits per heavy atom. The molecule has 7 heteroatoms. The van der Waals surface area contributed by atoms with Gasteiger partial charge in [0.1, 0.15) is 22.6 Å². The van der Waals surface area contributed by atoms with Gasteiger partial charge < -0.3 is 15.0 Å². The number of rotatable bonds is 1. The summed E-state index contributed by atoms with van der Waals surface area (Å²) in [6, 6.07) is 2.08. The highest BCUT2D eigenvalue weighted by Gasteiger charge is 2.41. The SMILES string of the molecule is O=C1NCC2(CCCN(c3ncnc4sccc34)CC2)O1. The molecule has 0 saturated carbocycles. The summed E-state index contributed by atoms with van der Waals surface area (Å²) in [6.45, 7) is 2.40. The molecule has 0 radical (unpaired) electrons. The van der Waals surface area contributed by atoms with E-state index in [1.165, 1.54) is 0 Å². The van der Waals surface area contributed by atoms with Gasteiger partial charge in [0.05, 0.1) is 11.9 Å². The van der Waals surface area contributed by atoms with Crippen LogP contribution in [-0.4, -0.2) is 41.3 Å². The van der Waals surface area contributed by atoms with Crippen molar-refractivity contribution >= 4 is 33.5 Å². The molecule has 0 bridgehead atoms. The van der Waals surface area contributed by atoms with Crippen LogP contribution in [0.5, 0.6) is 0 Å². The van der Waals surface area contributed by atoms with Gasteiger partial charge in [0, 0.05) is 19.5 Å². The Bertz CT molecular complexity index is 688. The number of nitrogens with one attached hydrogen (secondary N) is 1. The summed E-state index contributed by atoms with van der Waals surface area (Å²) >= 11 is 1.63. The minimum Gasteiger partial charge on any atom is -0.441 e. The molecule has 2 saturated heterocycles. The number of nitrogens with zero attached hydrogens (tertiary/aromatic N) is 3. The van der Waals surface area contributed by atoms with Crippen molar-refractivity contribution in [2.24, 2.45) is 0 Å². The fourth-order valence-electron chi connectivity index (χ4n) is 3.19. The molecule has 1 spiro atoms. The minimum atomic E-state index is -0.327. The summed E-state index contributed by atoms with van der Waals surface area (Å²) in [5, 5.41) is 5.94. The van der Waals surface area contributed by atoms with E-state index in [9.17, 15) is 4.79 Å². The highest BCUT2D eigenvalue weighted by Crippen LogP contribution is 2.33. The third-order valence-corrected chi connectivity index (χ3v) is 5.12. The van der Waals surface area contributed by atoms with Crippen molar-refractivity contribution in [3.63, 3.8) is 0 Å². The van der Waals surface area contributed by atoms with Gasteiger partial charge in [-0.1, -0.05) is 0 Å². The van der Waals surface area contributed by atoms with Gasteiger partial charge in [-0.05, 0) is 24.3 Å². The normalized spacial score (nSPS) is 25.9. The van der Waals surface area contributed by atoms with Crippen molar-refractivity contribution in [3.8, 4) is 0 Å². The quantitative estimate of drug-likeness (QED) is 0.874. The molecule has 2 aromatic heterocycles. The Labute approximate surface area is 126 Å². The van der Waals surface area contributed by atoms with Crippen molar-refractivity contribution in [1.82, 2.24) is 15.3 Å². The van der Waals surface area contributed by atoms with Crippen LogP contribution in [0.25, 0.3) is 10.2 Å². The van der Waals surface area contributed by atoms with Crippen LogP contribution in [0, 0.1) is 0 Å². The number of hydrogen-bond donors (Lipinski definition) is 1. The summed E-state index contributed by atoms with van der Waals surface area (Å²) in [7, 11) is 0. The third-order valence-electron chi connectivity index (χ3n) is 4.30. The molecule has 1 N–H and O–H groups in total. The molecule has 2 aliphatic rings. The summed E-state index contributed by atoms with van der Waals surface area (Å²) in [5.41, 5.74) is -0.327. The largest absolute Gasteiger partial charge is 0.441 e. The van der Waals surface area contributed by atoms with Gasteiger partial charge in [-0.2, -0.15) is 0 Å². The number of ether oxygens (including phenoxy) is 1. The number of carbonyl (C=O) groups is 1. The van der Waals surface area contributed by atoms with Crippen LogP contribution in [0.2, 0.25) is 0 Å². The second-order valence-corrected chi connectivity index (χ2v) is 6.50. The Balaban J connectivity index is 1.60. The highest BCUT2D eigenvalue weighted by atomic mass is 32.1. The molecule has 6 nitrogen and oxygen atoms in total. The smallest absolute Gasteiger partial charge is 0.407 e. The van der Waals surface area contributed by atoms with Crippen LogP contribution in [-0.2, 0) is 4.74 Å². The maximum Gasteiger partial charge on any atom is 0.407 e. The zero-order valence-corrected chi connectivity index (χ0v) is 12.4. The lowest BCUT2D eigenvalue weighted by molar-refractivity contribution is 0.0473. The van der Waals surface area contributed by atoms with Crippen molar-refractivity contribution < 1.29 is 9.53 Å². The number of hydrogen-bond acceptors (Lipinski definition) is 6. The first kappa shape index (κ1) is 12.8. The molecule has 0 aliphatic carbocycles. The molecule has 110 valence electrons. The lowest BCUT2D eigenvalue weighted by atomic mass is 9.95. The van der Waals surface area contributed by atoms with Gasteiger partial charge in [-0.25, -0.2) is 14.8 Å². The second kappa shape index (κ2) is 4.84. The predicted molar refractivity (Wildman–Crippen MR) is 80.7 cm³/mol. The highest BCUT2D eigenvalue weighted by molar-refractivity contribution is 7.16. The Hall–Kier alpha value is -1.89. The average molecular weight is 304 g/mol. The zero-order valence-electron chi connectivity index (χ0n) is 11.5. The van der Waals surface area contributed by atoms with Crippen molar-refractivity contribution in [2.45, 2.75) is 24.9 Å². The van der Waals surface area contributed by atoms with E-state index < -0.39 is 0 Å². The van der Waals surface area contributed by atoms with Crippen molar-refractivity contribution in [1.29, 1.82) is 0 Å². The first-order valence-electron chi connectivity index (χ1n) is 7.16. The first-order chi connectivity index (χ1) is 10.3. The summed E-state index contributed by atoms with van der Waals surface area (Å²) in [6.07, 6.45) is 4.07. The van der Waals surface area contributed by atoms with E-state index in [1.54, 1.807) is 17.7 Å². The molecule has 21 heavy (non-hydrogen) atoms. The van der Waals surface area contributed by atoms with Crippen LogP contribution in [0.3, 0.4) is 0 Å². The summed E-state index contributed by atoms with van der Waals surface area (Å²) in [4.78, 5) is 23.4. The lowest BCUT2D eigenvalue weighted by Gasteiger charge is -2.25. The molecular formula is C14H16N4O2S. The van der Waals surface area contributed by atoms with Gasteiger partial charge in [0.2, 0.25) is 0 Å². The molecule has 2 aliphatic heterocycles.